The topological polar surface area (TPSA) is 111 Å². The van der Waals surface area contributed by atoms with Gasteiger partial charge in [0.2, 0.25) is 0 Å². The largest absolute Gasteiger partial charge is 0.808 e. The molecule has 6 unspecified atom stereocenters. The lowest BCUT2D eigenvalue weighted by molar-refractivity contribution is 0.0958. The smallest absolute Gasteiger partial charge is 0.331 e. The summed E-state index contributed by atoms with van der Waals surface area (Å²) in [6.45, 7) is 46.7. The fourth-order valence-corrected chi connectivity index (χ4v) is 105. The summed E-state index contributed by atoms with van der Waals surface area (Å²) in [6.07, 6.45) is 8.15. The van der Waals surface area contributed by atoms with Gasteiger partial charge in [-0.3, -0.25) is 0 Å². The van der Waals surface area contributed by atoms with Gasteiger partial charge in [-0.25, -0.2) is 0 Å². The molecule has 0 amide bonds. The van der Waals surface area contributed by atoms with Gasteiger partial charge >= 0.3 is 31.8 Å². The first kappa shape index (κ1) is 84.0. The van der Waals surface area contributed by atoms with Crippen LogP contribution in [0.25, 0.3) is 0 Å². The Morgan fingerprint density at radius 1 is 0.346 bits per heavy atom. The van der Waals surface area contributed by atoms with Crippen LogP contribution in [-0.4, -0.2) is 142 Å². The van der Waals surface area contributed by atoms with Crippen molar-refractivity contribution in [3.05, 3.63) is 0 Å². The van der Waals surface area contributed by atoms with Crippen LogP contribution in [-0.2, 0) is 86.7 Å². The molecule has 78 heavy (non-hydrogen) atoms. The van der Waals surface area contributed by atoms with Crippen LogP contribution in [0.5, 0.6) is 0 Å². The van der Waals surface area contributed by atoms with E-state index in [9.17, 15) is 0 Å². The van der Waals surface area contributed by atoms with E-state index in [4.69, 9.17) is 53.1 Å². The fourth-order valence-electron chi connectivity index (χ4n) is 6.28. The van der Waals surface area contributed by atoms with Crippen molar-refractivity contribution >= 4 is 191 Å². The summed E-state index contributed by atoms with van der Waals surface area (Å²) in [5.74, 6) is 4.41. The SMILES string of the molecule is CCCSS[S+](SC(C)(CCCC(C)CC)C(S[S+](SSCCC)[Si](OCC)(OCC)OCC)(S[S+](SSCCC)[Si](OCC)(OCC)OCC)S[S+](SSCCC)[Si](OCC)(OCC)OCC)[Si](OCC)(OCC)OCC. The first-order valence-corrected chi connectivity index (χ1v) is 59.6. The maximum Gasteiger partial charge on any atom is 0.808 e. The van der Waals surface area contributed by atoms with Crippen molar-refractivity contribution in [2.24, 2.45) is 5.92 Å². The molecule has 12 nitrogen and oxygen atoms in total. The van der Waals surface area contributed by atoms with Crippen LogP contribution in [0.1, 0.15) is 183 Å². The van der Waals surface area contributed by atoms with Crippen LogP contribution in [0.2, 0.25) is 0 Å². The van der Waals surface area contributed by atoms with Crippen molar-refractivity contribution in [2.75, 3.05) is 102 Å². The molecule has 0 saturated heterocycles. The van der Waals surface area contributed by atoms with Gasteiger partial charge in [-0.15, -0.1) is 0 Å². The van der Waals surface area contributed by atoms with Crippen LogP contribution in [0.15, 0.2) is 0 Å². The Bertz CT molecular complexity index is 1250. The molecule has 0 aliphatic rings. The van der Waals surface area contributed by atoms with Gasteiger partial charge in [0.15, 0.2) is 72.9 Å². The summed E-state index contributed by atoms with van der Waals surface area (Å²) in [5.41, 5.74) is 0. The molecule has 0 spiro atoms. The summed E-state index contributed by atoms with van der Waals surface area (Å²) >= 11 is 0. The van der Waals surface area contributed by atoms with Gasteiger partial charge in [0.1, 0.15) is 47.9 Å². The van der Waals surface area contributed by atoms with Crippen LogP contribution in [0.4, 0.5) is 0 Å². The van der Waals surface area contributed by atoms with Gasteiger partial charge in [-0.2, -0.15) is 0 Å². The first-order valence-electron chi connectivity index (χ1n) is 28.2. The minimum atomic E-state index is -3.56. The second-order valence-electron chi connectivity index (χ2n) is 16.2. The van der Waals surface area contributed by atoms with Gasteiger partial charge in [-0.1, -0.05) is 60.8 Å². The Labute approximate surface area is 537 Å². The zero-order valence-electron chi connectivity index (χ0n) is 51.0. The van der Waals surface area contributed by atoms with E-state index in [1.807, 2.05) is 126 Å². The number of rotatable bonds is 58. The van der Waals surface area contributed by atoms with Gasteiger partial charge in [0, 0.05) is 102 Å². The molecule has 0 aliphatic carbocycles. The normalized spacial score (nSPS) is 16.5. The lowest BCUT2D eigenvalue weighted by Gasteiger charge is -2.41. The van der Waals surface area contributed by atoms with Crippen LogP contribution >= 0.6 is 126 Å². The summed E-state index contributed by atoms with van der Waals surface area (Å²) in [5, 5.41) is 0. The first-order chi connectivity index (χ1) is 37.6. The minimum Gasteiger partial charge on any atom is -0.331 e. The predicted molar refractivity (Wildman–Crippen MR) is 388 cm³/mol. The molecule has 0 aromatic carbocycles. The molecule has 0 aromatic heterocycles. The molecule has 0 heterocycles. The highest BCUT2D eigenvalue weighted by atomic mass is 33.8. The quantitative estimate of drug-likeness (QED) is 0.0189. The average Bonchev–Trinajstić information content (AvgIpc) is 3.51. The number of hydrogen-bond acceptors (Lipinski definition) is 24. The van der Waals surface area contributed by atoms with E-state index in [-0.39, 0.29) is 0 Å². The highest BCUT2D eigenvalue weighted by molar-refractivity contribution is 9.36. The van der Waals surface area contributed by atoms with Gasteiger partial charge in [0.25, 0.3) is 3.41 Å². The van der Waals surface area contributed by atoms with E-state index in [0.717, 1.165) is 74.4 Å². The zero-order chi connectivity index (χ0) is 58.8. The average molecular weight is 1480 g/mol. The molecular formula is C46H106O12S16Si4+4. The van der Waals surface area contributed by atoms with E-state index in [2.05, 4.69) is 132 Å². The predicted octanol–water partition coefficient (Wildman–Crippen LogP) is 18.7. The van der Waals surface area contributed by atoms with Crippen LogP contribution < -0.4 is 0 Å². The second-order valence-corrected chi connectivity index (χ2v) is 72.8. The third kappa shape index (κ3) is 29.1. The minimum absolute atomic E-state index is 0.454. The fraction of sp³-hybridized carbons (Fsp3) is 1.00. The zero-order valence-corrected chi connectivity index (χ0v) is 68.0. The van der Waals surface area contributed by atoms with E-state index in [0.29, 0.717) is 85.2 Å². The van der Waals surface area contributed by atoms with Crippen molar-refractivity contribution in [1.29, 1.82) is 0 Å². The van der Waals surface area contributed by atoms with Crippen LogP contribution in [0, 0.1) is 5.92 Å². The monoisotopic (exact) mass is 1470 g/mol. The third-order valence-electron chi connectivity index (χ3n) is 9.77. The maximum atomic E-state index is 7.14. The molecule has 0 aromatic rings. The Morgan fingerprint density at radius 2 is 0.564 bits per heavy atom. The van der Waals surface area contributed by atoms with Crippen molar-refractivity contribution in [1.82, 2.24) is 0 Å². The molecule has 6 atom stereocenters. The Balaban J connectivity index is 10.5. The summed E-state index contributed by atoms with van der Waals surface area (Å²) < 4.78 is 84.0. The van der Waals surface area contributed by atoms with Gasteiger partial charge < -0.3 is 53.1 Å². The lowest BCUT2D eigenvalue weighted by atomic mass is 9.97. The molecule has 0 fully saturated rings. The highest BCUT2D eigenvalue weighted by Gasteiger charge is 2.83. The molecule has 0 radical (unpaired) electrons. The Kier molecular flexibility index (Phi) is 54.5. The van der Waals surface area contributed by atoms with Crippen molar-refractivity contribution < 1.29 is 53.1 Å². The standard InChI is InChI=1S/C46H106O12S16Si4/c1-20-40-59-67-71(75(47-25-6,48-26-7)49-27-8)63-45(19,39-37-38-44(18)24-5)46(64-72(68-60-41-21-2)76(50-28-9,51-29-10)52-30-11,65-73(69-61-42-22-3)77(53-31-12,54-32-13)55-33-14)66-74(70-62-43-23-4)78(56-34-15,57-35-16)58-36-17/h44H,20-43H2,1-19H3/q+4. The molecule has 0 bridgehead atoms. The van der Waals surface area contributed by atoms with E-state index < -0.39 is 73.6 Å². The van der Waals surface area contributed by atoms with E-state index in [1.54, 1.807) is 0 Å². The van der Waals surface area contributed by atoms with Crippen molar-refractivity contribution in [3.63, 3.8) is 0 Å². The molecule has 470 valence electrons. The molecule has 0 aliphatic heterocycles. The second kappa shape index (κ2) is 50.6. The Hall–Kier alpha value is 5.99. The summed E-state index contributed by atoms with van der Waals surface area (Å²) in [4.78, 5) is 0. The van der Waals surface area contributed by atoms with Gasteiger partial charge in [-0.05, 0) is 171 Å². The molecule has 0 saturated carbocycles. The lowest BCUT2D eigenvalue weighted by Crippen LogP contribution is -2.58. The van der Waals surface area contributed by atoms with Crippen molar-refractivity contribution in [3.8, 4) is 0 Å². The molecule has 0 rings (SSSR count). The van der Waals surface area contributed by atoms with E-state index >= 15 is 0 Å². The van der Waals surface area contributed by atoms with Gasteiger partial charge in [0.05, 0.1) is 0 Å². The molecule has 32 heteroatoms. The Morgan fingerprint density at radius 3 is 0.756 bits per heavy atom. The number of hydrogen-bond donors (Lipinski definition) is 0. The van der Waals surface area contributed by atoms with E-state index in [1.165, 1.54) is 0 Å². The maximum absolute atomic E-state index is 7.14. The summed E-state index contributed by atoms with van der Waals surface area (Å²) in [7, 11) is 6.19. The molecule has 0 N–H and O–H groups in total. The highest BCUT2D eigenvalue weighted by Crippen LogP contribution is 2.74. The summed E-state index contributed by atoms with van der Waals surface area (Å²) in [6, 6.07) is 0. The van der Waals surface area contributed by atoms with Crippen LogP contribution in [0.3, 0.4) is 0 Å². The van der Waals surface area contributed by atoms with Crippen molar-refractivity contribution in [2.45, 2.75) is 191 Å². The third-order valence-corrected chi connectivity index (χ3v) is 89.9. The molecular weight excluding hydrogens is 1370 g/mol.